The molecular weight excluding hydrogens is 302 g/mol. The van der Waals surface area contributed by atoms with E-state index in [1.54, 1.807) is 6.92 Å². The van der Waals surface area contributed by atoms with Gasteiger partial charge in [0, 0.05) is 13.1 Å². The lowest BCUT2D eigenvalue weighted by Gasteiger charge is -2.23. The first-order valence-corrected chi connectivity index (χ1v) is 7.93. The summed E-state index contributed by atoms with van der Waals surface area (Å²) in [5.74, 6) is -3.45. The topological polar surface area (TPSA) is 80.5 Å². The van der Waals surface area contributed by atoms with Gasteiger partial charge < -0.3 is 4.90 Å². The maximum absolute atomic E-state index is 13.8. The molecule has 0 saturated carbocycles. The first kappa shape index (κ1) is 17.5. The average molecular weight is 320 g/mol. The molecule has 1 aromatic carbocycles. The molecule has 2 N–H and O–H groups in total. The van der Waals surface area contributed by atoms with Crippen LogP contribution in [-0.4, -0.2) is 32.3 Å². The minimum Gasteiger partial charge on any atom is -0.339 e. The summed E-state index contributed by atoms with van der Waals surface area (Å²) in [5.41, 5.74) is -0.637. The molecule has 0 bridgehead atoms. The van der Waals surface area contributed by atoms with Gasteiger partial charge in [-0.1, -0.05) is 13.8 Å². The highest BCUT2D eigenvalue weighted by Gasteiger charge is 2.24. The summed E-state index contributed by atoms with van der Waals surface area (Å²) in [6.07, 6.45) is 0. The van der Waals surface area contributed by atoms with Gasteiger partial charge in [-0.3, -0.25) is 4.79 Å². The Morgan fingerprint density at radius 3 is 2.33 bits per heavy atom. The Labute approximate surface area is 122 Å². The van der Waals surface area contributed by atoms with E-state index in [0.29, 0.717) is 12.6 Å². The highest BCUT2D eigenvalue weighted by Crippen LogP contribution is 2.20. The number of nitrogens with zero attached hydrogens (tertiary/aromatic N) is 1. The van der Waals surface area contributed by atoms with Crippen LogP contribution < -0.4 is 5.14 Å². The van der Waals surface area contributed by atoms with Crippen LogP contribution in [0.1, 0.15) is 31.1 Å². The number of carbonyl (C=O) groups is 1. The largest absolute Gasteiger partial charge is 0.339 e. The van der Waals surface area contributed by atoms with Crippen LogP contribution in [0.5, 0.6) is 0 Å². The number of rotatable bonds is 5. The molecule has 0 spiro atoms. The number of amides is 1. The maximum atomic E-state index is 13.8. The number of benzene rings is 1. The second kappa shape index (κ2) is 6.48. The summed E-state index contributed by atoms with van der Waals surface area (Å²) in [7, 11) is -4.23. The minimum absolute atomic E-state index is 0.128. The van der Waals surface area contributed by atoms with Crippen molar-refractivity contribution in [2.45, 2.75) is 25.7 Å². The molecular formula is C13H18F2N2O3S. The minimum atomic E-state index is -4.23. The quantitative estimate of drug-likeness (QED) is 0.897. The fourth-order valence-electron chi connectivity index (χ4n) is 1.85. The Morgan fingerprint density at radius 1 is 1.33 bits per heavy atom. The number of hydrogen-bond acceptors (Lipinski definition) is 3. The molecule has 21 heavy (non-hydrogen) atoms. The zero-order valence-corrected chi connectivity index (χ0v) is 12.9. The van der Waals surface area contributed by atoms with Crippen molar-refractivity contribution < 1.29 is 22.0 Å². The first-order chi connectivity index (χ1) is 9.57. The first-order valence-electron chi connectivity index (χ1n) is 6.39. The number of sulfonamides is 1. The summed E-state index contributed by atoms with van der Waals surface area (Å²) in [6.45, 7) is 6.06. The van der Waals surface area contributed by atoms with Crippen LogP contribution in [0.4, 0.5) is 8.78 Å². The summed E-state index contributed by atoms with van der Waals surface area (Å²) in [5, 5.41) is 4.89. The van der Waals surface area contributed by atoms with Crippen molar-refractivity contribution in [1.29, 1.82) is 0 Å². The molecule has 0 aliphatic carbocycles. The monoisotopic (exact) mass is 320 g/mol. The van der Waals surface area contributed by atoms with Crippen LogP contribution in [0.2, 0.25) is 0 Å². The van der Waals surface area contributed by atoms with Crippen molar-refractivity contribution in [3.05, 3.63) is 29.3 Å². The van der Waals surface area contributed by atoms with E-state index >= 15 is 0 Å². The van der Waals surface area contributed by atoms with Crippen LogP contribution in [0, 0.1) is 17.6 Å². The zero-order valence-electron chi connectivity index (χ0n) is 12.1. The highest BCUT2D eigenvalue weighted by atomic mass is 32.2. The van der Waals surface area contributed by atoms with Gasteiger partial charge in [-0.15, -0.1) is 0 Å². The molecule has 0 atom stereocenters. The van der Waals surface area contributed by atoms with Gasteiger partial charge in [-0.25, -0.2) is 22.3 Å². The molecule has 0 aromatic heterocycles. The lowest BCUT2D eigenvalue weighted by atomic mass is 10.1. The number of carbonyl (C=O) groups excluding carboxylic acids is 1. The normalized spacial score (nSPS) is 11.8. The van der Waals surface area contributed by atoms with Crippen LogP contribution in [-0.2, 0) is 10.0 Å². The van der Waals surface area contributed by atoms with Crippen LogP contribution >= 0.6 is 0 Å². The van der Waals surface area contributed by atoms with Crippen molar-refractivity contribution >= 4 is 15.9 Å². The van der Waals surface area contributed by atoms with Crippen molar-refractivity contribution in [3.63, 3.8) is 0 Å². The second-order valence-electron chi connectivity index (χ2n) is 5.05. The van der Waals surface area contributed by atoms with Gasteiger partial charge in [0.05, 0.1) is 10.5 Å². The van der Waals surface area contributed by atoms with Crippen molar-refractivity contribution in [2.75, 3.05) is 13.1 Å². The van der Waals surface area contributed by atoms with E-state index in [4.69, 9.17) is 5.14 Å². The van der Waals surface area contributed by atoms with Gasteiger partial charge in [0.1, 0.15) is 0 Å². The van der Waals surface area contributed by atoms with Crippen molar-refractivity contribution in [3.8, 4) is 0 Å². The maximum Gasteiger partial charge on any atom is 0.256 e. The molecule has 0 aliphatic heterocycles. The third-order valence-corrected chi connectivity index (χ3v) is 3.71. The number of halogens is 2. The zero-order chi connectivity index (χ0) is 16.4. The van der Waals surface area contributed by atoms with E-state index in [-0.39, 0.29) is 12.5 Å². The molecule has 5 nitrogen and oxygen atoms in total. The molecule has 0 fully saturated rings. The van der Waals surface area contributed by atoms with Gasteiger partial charge in [-0.05, 0) is 25.0 Å². The van der Waals surface area contributed by atoms with E-state index < -0.39 is 38.0 Å². The molecule has 8 heteroatoms. The van der Waals surface area contributed by atoms with Crippen molar-refractivity contribution in [2.24, 2.45) is 11.1 Å². The third kappa shape index (κ3) is 4.21. The van der Waals surface area contributed by atoms with Crippen LogP contribution in [0.3, 0.4) is 0 Å². The van der Waals surface area contributed by atoms with Gasteiger partial charge >= 0.3 is 0 Å². The average Bonchev–Trinajstić information content (AvgIpc) is 2.36. The molecule has 0 heterocycles. The SMILES string of the molecule is CCN(CC(C)C)C(=O)c1cc(S(N)(=O)=O)cc(F)c1F. The number of hydrogen-bond donors (Lipinski definition) is 1. The molecule has 118 valence electrons. The molecule has 0 aliphatic rings. The standard InChI is InChI=1S/C13H18F2N2O3S/c1-4-17(7-8(2)3)13(18)10-5-9(21(16,19)20)6-11(14)12(10)15/h5-6,8H,4,7H2,1-3H3,(H2,16,19,20). The van der Waals surface area contributed by atoms with Crippen LogP contribution in [0.25, 0.3) is 0 Å². The predicted octanol–water partition coefficient (Wildman–Crippen LogP) is 1.73. The summed E-state index contributed by atoms with van der Waals surface area (Å²) in [4.78, 5) is 12.9. The Balaban J connectivity index is 3.35. The molecule has 0 unspecified atom stereocenters. The van der Waals surface area contributed by atoms with Gasteiger partial charge in [0.15, 0.2) is 11.6 Å². The van der Waals surface area contributed by atoms with Gasteiger partial charge in [0.25, 0.3) is 5.91 Å². The lowest BCUT2D eigenvalue weighted by molar-refractivity contribution is 0.0739. The summed E-state index contributed by atoms with van der Waals surface area (Å²) >= 11 is 0. The fourth-order valence-corrected chi connectivity index (χ4v) is 2.40. The third-order valence-electron chi connectivity index (χ3n) is 2.82. The fraction of sp³-hybridized carbons (Fsp3) is 0.462. The number of nitrogens with two attached hydrogens (primary N) is 1. The number of primary sulfonamides is 1. The van der Waals surface area contributed by atoms with Crippen molar-refractivity contribution in [1.82, 2.24) is 4.90 Å². The summed E-state index contributed by atoms with van der Waals surface area (Å²) < 4.78 is 49.8. The highest BCUT2D eigenvalue weighted by molar-refractivity contribution is 7.89. The lowest BCUT2D eigenvalue weighted by Crippen LogP contribution is -2.35. The predicted molar refractivity (Wildman–Crippen MR) is 74.1 cm³/mol. The van der Waals surface area contributed by atoms with E-state index in [1.807, 2.05) is 13.8 Å². The second-order valence-corrected chi connectivity index (χ2v) is 6.61. The van der Waals surface area contributed by atoms with Crippen LogP contribution in [0.15, 0.2) is 17.0 Å². The summed E-state index contributed by atoms with van der Waals surface area (Å²) in [6, 6.07) is 1.22. The van der Waals surface area contributed by atoms with E-state index in [0.717, 1.165) is 6.07 Å². The van der Waals surface area contributed by atoms with E-state index in [9.17, 15) is 22.0 Å². The molecule has 0 radical (unpaired) electrons. The molecule has 1 amide bonds. The van der Waals surface area contributed by atoms with Gasteiger partial charge in [0.2, 0.25) is 10.0 Å². The Kier molecular flexibility index (Phi) is 5.41. The Bertz CT molecular complexity index is 645. The van der Waals surface area contributed by atoms with Gasteiger partial charge in [-0.2, -0.15) is 0 Å². The Hall–Kier alpha value is -1.54. The molecule has 1 aromatic rings. The van der Waals surface area contributed by atoms with E-state index in [1.165, 1.54) is 4.90 Å². The smallest absolute Gasteiger partial charge is 0.256 e. The molecule has 0 saturated heterocycles. The Morgan fingerprint density at radius 2 is 1.90 bits per heavy atom. The van der Waals surface area contributed by atoms with E-state index in [2.05, 4.69) is 0 Å². The molecule has 1 rings (SSSR count).